The van der Waals surface area contributed by atoms with Crippen LogP contribution in [0.4, 0.5) is 4.79 Å². The van der Waals surface area contributed by atoms with E-state index in [2.05, 4.69) is 17.6 Å². The molecule has 2 atom stereocenters. The smallest absolute Gasteiger partial charge is 0.408 e. The fourth-order valence-electron chi connectivity index (χ4n) is 4.74. The van der Waals surface area contributed by atoms with E-state index in [-0.39, 0.29) is 17.7 Å². The highest BCUT2D eigenvalue weighted by atomic mass is 16.6. The molecule has 1 aromatic carbocycles. The Bertz CT molecular complexity index is 877. The van der Waals surface area contributed by atoms with E-state index in [4.69, 9.17) is 4.74 Å². The molecule has 3 N–H and O–H groups in total. The molecule has 0 bridgehead atoms. The number of alkyl carbamates (subject to hydrolysis) is 1. The highest BCUT2D eigenvalue weighted by Crippen LogP contribution is 2.31. The van der Waals surface area contributed by atoms with Gasteiger partial charge in [-0.15, -0.1) is 0 Å². The topological polar surface area (TPSA) is 108 Å². The lowest BCUT2D eigenvalue weighted by molar-refractivity contribution is -0.142. The van der Waals surface area contributed by atoms with E-state index in [9.17, 15) is 19.5 Å². The molecular weight excluding hydrogens is 470 g/mol. The number of para-hydroxylation sites is 1. The summed E-state index contributed by atoms with van der Waals surface area (Å²) in [7, 11) is 0. The predicted octanol–water partition coefficient (Wildman–Crippen LogP) is 5.59. The van der Waals surface area contributed by atoms with Crippen LogP contribution in [0.25, 0.3) is 0 Å². The summed E-state index contributed by atoms with van der Waals surface area (Å²) in [6.45, 7) is 9.34. The zero-order chi connectivity index (χ0) is 27.4. The van der Waals surface area contributed by atoms with Crippen molar-refractivity contribution in [1.29, 1.82) is 0 Å². The number of nitrogens with one attached hydrogen (secondary N) is 2. The molecule has 1 aromatic rings. The molecule has 37 heavy (non-hydrogen) atoms. The van der Waals surface area contributed by atoms with Crippen molar-refractivity contribution < 1.29 is 24.2 Å². The van der Waals surface area contributed by atoms with Gasteiger partial charge in [-0.3, -0.25) is 9.59 Å². The van der Waals surface area contributed by atoms with Crippen LogP contribution in [0.3, 0.4) is 0 Å². The Balaban J connectivity index is 2.34. The van der Waals surface area contributed by atoms with Gasteiger partial charge in [0, 0.05) is 18.2 Å². The molecule has 0 radical (unpaired) electrons. The number of amides is 3. The third-order valence-corrected chi connectivity index (χ3v) is 6.63. The molecular formula is C29H47N3O5. The SMILES string of the molecule is CCCCCCCN(C(=O)C(C)NC(=O)OC(C)(C)C)C(C(=O)NC1CCCCC1)c1ccccc1O. The quantitative estimate of drug-likeness (QED) is 0.313. The van der Waals surface area contributed by atoms with Crippen molar-refractivity contribution in [3.63, 3.8) is 0 Å². The number of rotatable bonds is 12. The van der Waals surface area contributed by atoms with Crippen LogP contribution < -0.4 is 10.6 Å². The molecule has 2 unspecified atom stereocenters. The van der Waals surface area contributed by atoms with Gasteiger partial charge in [0.15, 0.2) is 0 Å². The van der Waals surface area contributed by atoms with Gasteiger partial charge in [-0.2, -0.15) is 0 Å². The third kappa shape index (κ3) is 10.3. The van der Waals surface area contributed by atoms with Gasteiger partial charge in [0.25, 0.3) is 0 Å². The lowest BCUT2D eigenvalue weighted by Gasteiger charge is -2.35. The second-order valence-electron chi connectivity index (χ2n) is 11.1. The van der Waals surface area contributed by atoms with Crippen LogP contribution in [-0.2, 0) is 14.3 Å². The average molecular weight is 518 g/mol. The maximum atomic E-state index is 13.8. The lowest BCUT2D eigenvalue weighted by Crippen LogP contribution is -2.53. The second-order valence-corrected chi connectivity index (χ2v) is 11.1. The minimum atomic E-state index is -1.01. The zero-order valence-electron chi connectivity index (χ0n) is 23.3. The maximum Gasteiger partial charge on any atom is 0.408 e. The number of unbranched alkanes of at least 4 members (excludes halogenated alkanes) is 4. The average Bonchev–Trinajstić information content (AvgIpc) is 2.83. The number of nitrogens with zero attached hydrogens (tertiary/aromatic N) is 1. The summed E-state index contributed by atoms with van der Waals surface area (Å²) < 4.78 is 5.34. The standard InChI is InChI=1S/C29H47N3O5/c1-6-7-8-9-15-20-32(27(35)21(2)30-28(36)37-29(3,4)5)25(23-18-13-14-19-24(23)33)26(34)31-22-16-11-10-12-17-22/h13-14,18-19,21-22,25,33H,6-12,15-17,20H2,1-5H3,(H,30,36)(H,31,34). The van der Waals surface area contributed by atoms with E-state index in [1.54, 1.807) is 45.9 Å². The van der Waals surface area contributed by atoms with E-state index in [0.717, 1.165) is 57.8 Å². The molecule has 0 saturated heterocycles. The van der Waals surface area contributed by atoms with Crippen LogP contribution in [0.5, 0.6) is 5.75 Å². The minimum absolute atomic E-state index is 0.0390. The van der Waals surface area contributed by atoms with Gasteiger partial charge in [-0.25, -0.2) is 4.79 Å². The first-order valence-electron chi connectivity index (χ1n) is 13.9. The lowest BCUT2D eigenvalue weighted by atomic mass is 9.94. The summed E-state index contributed by atoms with van der Waals surface area (Å²) >= 11 is 0. The number of phenols is 1. The predicted molar refractivity (Wildman–Crippen MR) is 145 cm³/mol. The van der Waals surface area contributed by atoms with Crippen LogP contribution in [0, 0.1) is 0 Å². The van der Waals surface area contributed by atoms with Crippen LogP contribution in [0.2, 0.25) is 0 Å². The molecule has 0 spiro atoms. The molecule has 208 valence electrons. The van der Waals surface area contributed by atoms with Gasteiger partial charge in [-0.05, 0) is 53.0 Å². The molecule has 8 nitrogen and oxygen atoms in total. The van der Waals surface area contributed by atoms with Gasteiger partial charge >= 0.3 is 6.09 Å². The monoisotopic (exact) mass is 517 g/mol. The fraction of sp³-hybridized carbons (Fsp3) is 0.690. The van der Waals surface area contributed by atoms with E-state index in [0.29, 0.717) is 18.5 Å². The van der Waals surface area contributed by atoms with Crippen molar-refractivity contribution in [2.75, 3.05) is 6.54 Å². The Morgan fingerprint density at radius 2 is 1.70 bits per heavy atom. The first kappa shape index (κ1) is 30.5. The summed E-state index contributed by atoms with van der Waals surface area (Å²) in [6.07, 6.45) is 9.27. The van der Waals surface area contributed by atoms with Crippen LogP contribution in [0.15, 0.2) is 24.3 Å². The number of carbonyl (C=O) groups excluding carboxylic acids is 3. The third-order valence-electron chi connectivity index (χ3n) is 6.63. The van der Waals surface area contributed by atoms with Crippen LogP contribution in [-0.4, -0.2) is 52.1 Å². The fourth-order valence-corrected chi connectivity index (χ4v) is 4.74. The second kappa shape index (κ2) is 14.8. The van der Waals surface area contributed by atoms with E-state index >= 15 is 0 Å². The number of hydrogen-bond donors (Lipinski definition) is 3. The molecule has 0 aliphatic heterocycles. The van der Waals surface area contributed by atoms with Crippen LogP contribution in [0.1, 0.15) is 110 Å². The number of aromatic hydroxyl groups is 1. The van der Waals surface area contributed by atoms with Gasteiger partial charge in [0.05, 0.1) is 0 Å². The first-order valence-corrected chi connectivity index (χ1v) is 13.9. The van der Waals surface area contributed by atoms with Crippen molar-refractivity contribution in [1.82, 2.24) is 15.5 Å². The van der Waals surface area contributed by atoms with E-state index in [1.807, 2.05) is 0 Å². The Labute approximate surface area is 222 Å². The summed E-state index contributed by atoms with van der Waals surface area (Å²) in [5.74, 6) is -0.740. The molecule has 1 aliphatic rings. The number of phenolic OH excluding ortho intramolecular Hbond substituents is 1. The summed E-state index contributed by atoms with van der Waals surface area (Å²) in [6, 6.07) is 4.78. The molecule has 0 aromatic heterocycles. The van der Waals surface area contributed by atoms with Gasteiger partial charge < -0.3 is 25.4 Å². The summed E-state index contributed by atoms with van der Waals surface area (Å²) in [4.78, 5) is 41.4. The molecule has 2 rings (SSSR count). The van der Waals surface area contributed by atoms with E-state index < -0.39 is 29.7 Å². The van der Waals surface area contributed by atoms with Crippen LogP contribution >= 0.6 is 0 Å². The highest BCUT2D eigenvalue weighted by Gasteiger charge is 2.36. The van der Waals surface area contributed by atoms with Crippen molar-refractivity contribution in [2.45, 2.75) is 123 Å². The Morgan fingerprint density at radius 1 is 1.05 bits per heavy atom. The Kier molecular flexibility index (Phi) is 12.2. The Morgan fingerprint density at radius 3 is 2.32 bits per heavy atom. The minimum Gasteiger partial charge on any atom is -0.508 e. The number of benzene rings is 1. The van der Waals surface area contributed by atoms with Crippen molar-refractivity contribution >= 4 is 17.9 Å². The molecule has 1 aliphatic carbocycles. The maximum absolute atomic E-state index is 13.8. The normalized spacial score (nSPS) is 15.9. The highest BCUT2D eigenvalue weighted by molar-refractivity contribution is 5.92. The molecule has 8 heteroatoms. The largest absolute Gasteiger partial charge is 0.508 e. The van der Waals surface area contributed by atoms with Crippen molar-refractivity contribution in [3.8, 4) is 5.75 Å². The zero-order valence-corrected chi connectivity index (χ0v) is 23.3. The van der Waals surface area contributed by atoms with Crippen molar-refractivity contribution in [3.05, 3.63) is 29.8 Å². The molecule has 3 amide bonds. The summed E-state index contributed by atoms with van der Waals surface area (Å²) in [5.41, 5.74) is -0.327. The summed E-state index contributed by atoms with van der Waals surface area (Å²) in [5, 5.41) is 16.5. The van der Waals surface area contributed by atoms with Gasteiger partial charge in [0.1, 0.15) is 23.4 Å². The molecule has 1 fully saturated rings. The first-order chi connectivity index (χ1) is 17.5. The Hall–Kier alpha value is -2.77. The number of hydrogen-bond acceptors (Lipinski definition) is 5. The van der Waals surface area contributed by atoms with Gasteiger partial charge in [-0.1, -0.05) is 70.1 Å². The van der Waals surface area contributed by atoms with Gasteiger partial charge in [0.2, 0.25) is 11.8 Å². The number of carbonyl (C=O) groups is 3. The van der Waals surface area contributed by atoms with Crippen molar-refractivity contribution in [2.24, 2.45) is 0 Å². The molecule has 1 saturated carbocycles. The molecule has 0 heterocycles. The van der Waals surface area contributed by atoms with E-state index in [1.165, 1.54) is 11.0 Å². The number of ether oxygens (including phenoxy) is 1.